The number of hydrogen-bond acceptors (Lipinski definition) is 5. The highest BCUT2D eigenvalue weighted by Gasteiger charge is 2.33. The molecule has 0 saturated carbocycles. The van der Waals surface area contributed by atoms with Crippen LogP contribution in [0.5, 0.6) is 0 Å². The second-order valence-corrected chi connectivity index (χ2v) is 10.0. The van der Waals surface area contributed by atoms with Gasteiger partial charge in [0.1, 0.15) is 10.8 Å². The minimum atomic E-state index is -0.507. The summed E-state index contributed by atoms with van der Waals surface area (Å²) < 4.78 is 2.85. The number of halogens is 2. The van der Waals surface area contributed by atoms with Crippen molar-refractivity contribution in [1.82, 2.24) is 24.1 Å². The molecule has 0 radical (unpaired) electrons. The van der Waals surface area contributed by atoms with E-state index in [1.165, 1.54) is 4.52 Å². The fourth-order valence-electron chi connectivity index (χ4n) is 4.62. The van der Waals surface area contributed by atoms with Gasteiger partial charge in [0.2, 0.25) is 0 Å². The molecule has 1 amide bonds. The van der Waals surface area contributed by atoms with Crippen molar-refractivity contribution in [2.75, 3.05) is 13.1 Å². The van der Waals surface area contributed by atoms with Gasteiger partial charge in [-0.2, -0.15) is 9.61 Å². The SMILES string of the molecule is Cc1cccc(C(=O)N(CCCN)C(c2nc3c(Cl)c(C)nn3c(=O)n2Cc2ccccc2)C(C)C)c1.Cl. The van der Waals surface area contributed by atoms with Crippen molar-refractivity contribution >= 4 is 35.6 Å². The zero-order valence-corrected chi connectivity index (χ0v) is 23.7. The van der Waals surface area contributed by atoms with Crippen LogP contribution in [0, 0.1) is 19.8 Å². The molecule has 0 aliphatic carbocycles. The van der Waals surface area contributed by atoms with Gasteiger partial charge in [0, 0.05) is 12.1 Å². The van der Waals surface area contributed by atoms with E-state index in [2.05, 4.69) is 5.10 Å². The van der Waals surface area contributed by atoms with Gasteiger partial charge in [0.25, 0.3) is 5.91 Å². The van der Waals surface area contributed by atoms with Crippen molar-refractivity contribution < 1.29 is 4.79 Å². The molecule has 38 heavy (non-hydrogen) atoms. The Morgan fingerprint density at radius 1 is 1.11 bits per heavy atom. The van der Waals surface area contributed by atoms with Gasteiger partial charge in [-0.3, -0.25) is 9.36 Å². The Morgan fingerprint density at radius 2 is 1.82 bits per heavy atom. The Hall–Kier alpha value is -3.20. The molecule has 10 heteroatoms. The number of aryl methyl sites for hydroxylation is 2. The lowest BCUT2D eigenvalue weighted by atomic mass is 9.99. The number of fused-ring (bicyclic) bond motifs is 1. The number of carbonyl (C=O) groups excluding carboxylic acids is 1. The summed E-state index contributed by atoms with van der Waals surface area (Å²) in [6.07, 6.45) is 0.610. The maximum Gasteiger partial charge on any atom is 0.352 e. The number of hydrogen-bond donors (Lipinski definition) is 1. The molecule has 0 spiro atoms. The molecule has 2 heterocycles. The third-order valence-electron chi connectivity index (χ3n) is 6.42. The fraction of sp³-hybridized carbons (Fsp3) is 0.357. The first-order valence-corrected chi connectivity index (χ1v) is 12.9. The summed E-state index contributed by atoms with van der Waals surface area (Å²) >= 11 is 6.53. The van der Waals surface area contributed by atoms with Gasteiger partial charge >= 0.3 is 5.69 Å². The van der Waals surface area contributed by atoms with Gasteiger partial charge in [0.15, 0.2) is 5.65 Å². The summed E-state index contributed by atoms with van der Waals surface area (Å²) in [4.78, 5) is 34.4. The number of aromatic nitrogens is 4. The average molecular weight is 558 g/mol. The lowest BCUT2D eigenvalue weighted by molar-refractivity contribution is 0.0601. The minimum absolute atomic E-state index is 0. The molecule has 4 aromatic rings. The maximum absolute atomic E-state index is 13.9. The molecule has 0 aliphatic rings. The first kappa shape index (κ1) is 29.4. The summed E-state index contributed by atoms with van der Waals surface area (Å²) in [5.41, 5.74) is 8.83. The Balaban J connectivity index is 0.00000400. The summed E-state index contributed by atoms with van der Waals surface area (Å²) in [5, 5.41) is 4.66. The molecular weight excluding hydrogens is 523 g/mol. The first-order chi connectivity index (χ1) is 17.7. The second kappa shape index (κ2) is 12.6. The zero-order chi connectivity index (χ0) is 26.7. The van der Waals surface area contributed by atoms with Gasteiger partial charge in [-0.15, -0.1) is 12.4 Å². The molecule has 1 unspecified atom stereocenters. The fourth-order valence-corrected chi connectivity index (χ4v) is 4.78. The van der Waals surface area contributed by atoms with Crippen LogP contribution in [0.4, 0.5) is 0 Å². The van der Waals surface area contributed by atoms with Gasteiger partial charge in [-0.1, -0.05) is 73.5 Å². The third kappa shape index (κ3) is 5.93. The van der Waals surface area contributed by atoms with Gasteiger partial charge < -0.3 is 10.6 Å². The molecule has 0 bridgehead atoms. The maximum atomic E-state index is 13.9. The van der Waals surface area contributed by atoms with Crippen molar-refractivity contribution in [2.24, 2.45) is 11.7 Å². The molecule has 2 N–H and O–H groups in total. The molecule has 8 nitrogen and oxygen atoms in total. The van der Waals surface area contributed by atoms with Gasteiger partial charge in [-0.25, -0.2) is 9.78 Å². The topological polar surface area (TPSA) is 98.5 Å². The Morgan fingerprint density at radius 3 is 2.45 bits per heavy atom. The minimum Gasteiger partial charge on any atom is -0.330 e. The van der Waals surface area contributed by atoms with E-state index in [1.807, 2.05) is 75.4 Å². The van der Waals surface area contributed by atoms with Gasteiger partial charge in [-0.05, 0) is 50.4 Å². The number of amides is 1. The zero-order valence-electron chi connectivity index (χ0n) is 22.1. The Kier molecular flexibility index (Phi) is 9.71. The van der Waals surface area contributed by atoms with E-state index in [-0.39, 0.29) is 42.1 Å². The monoisotopic (exact) mass is 556 g/mol. The molecule has 0 aliphatic heterocycles. The van der Waals surface area contributed by atoms with E-state index < -0.39 is 6.04 Å². The molecule has 1 atom stereocenters. The predicted molar refractivity (Wildman–Crippen MR) is 153 cm³/mol. The Bertz CT molecular complexity index is 1470. The predicted octanol–water partition coefficient (Wildman–Crippen LogP) is 4.82. The van der Waals surface area contributed by atoms with E-state index in [0.717, 1.165) is 11.1 Å². The van der Waals surface area contributed by atoms with Gasteiger partial charge in [0.05, 0.1) is 18.3 Å². The molecule has 0 saturated heterocycles. The largest absolute Gasteiger partial charge is 0.352 e. The van der Waals surface area contributed by atoms with E-state index in [1.54, 1.807) is 16.4 Å². The summed E-state index contributed by atoms with van der Waals surface area (Å²) in [6.45, 7) is 8.88. The quantitative estimate of drug-likeness (QED) is 0.318. The van der Waals surface area contributed by atoms with Crippen LogP contribution in [0.3, 0.4) is 0 Å². The van der Waals surface area contributed by atoms with Crippen LogP contribution in [-0.4, -0.2) is 43.1 Å². The molecule has 202 valence electrons. The number of benzene rings is 2. The number of nitrogens with zero attached hydrogens (tertiary/aromatic N) is 5. The average Bonchev–Trinajstić information content (AvgIpc) is 3.17. The van der Waals surface area contributed by atoms with Crippen LogP contribution in [0.2, 0.25) is 5.02 Å². The molecule has 4 rings (SSSR count). The van der Waals surface area contributed by atoms with E-state index >= 15 is 0 Å². The number of nitrogens with two attached hydrogens (primary N) is 1. The summed E-state index contributed by atoms with van der Waals surface area (Å²) in [6, 6.07) is 16.7. The van der Waals surface area contributed by atoms with Crippen LogP contribution in [-0.2, 0) is 6.54 Å². The van der Waals surface area contributed by atoms with E-state index in [9.17, 15) is 9.59 Å². The summed E-state index contributed by atoms with van der Waals surface area (Å²) in [7, 11) is 0. The Labute approximate surface area is 233 Å². The van der Waals surface area contributed by atoms with Crippen LogP contribution in [0.25, 0.3) is 5.65 Å². The molecular formula is C28H34Cl2N6O2. The summed E-state index contributed by atoms with van der Waals surface area (Å²) in [5.74, 6) is 0.272. The highest BCUT2D eigenvalue weighted by molar-refractivity contribution is 6.34. The standard InChI is InChI=1S/C28H33ClN6O2.ClH/c1-18(2)24(33(15-9-14-30)27(36)22-13-8-10-19(3)16-22)26-31-25-23(29)20(4)32-35(25)28(37)34(26)17-21-11-6-5-7-12-21;/h5-8,10-13,16,18,24H,9,14-15,17,30H2,1-4H3;1H. The smallest absolute Gasteiger partial charge is 0.330 e. The molecule has 2 aromatic heterocycles. The van der Waals surface area contributed by atoms with Crippen LogP contribution >= 0.6 is 24.0 Å². The molecule has 0 fully saturated rings. The normalized spacial score (nSPS) is 12.0. The second-order valence-electron chi connectivity index (χ2n) is 9.66. The van der Waals surface area contributed by atoms with Crippen LogP contribution in [0.15, 0.2) is 59.4 Å². The highest BCUT2D eigenvalue weighted by Crippen LogP contribution is 2.31. The number of rotatable bonds is 9. The van der Waals surface area contributed by atoms with E-state index in [0.29, 0.717) is 41.6 Å². The lowest BCUT2D eigenvalue weighted by Crippen LogP contribution is -2.43. The van der Waals surface area contributed by atoms with Crippen LogP contribution in [0.1, 0.15) is 59.3 Å². The van der Waals surface area contributed by atoms with Crippen molar-refractivity contribution in [3.63, 3.8) is 0 Å². The molecule has 2 aromatic carbocycles. The van der Waals surface area contributed by atoms with E-state index in [4.69, 9.17) is 22.3 Å². The third-order valence-corrected chi connectivity index (χ3v) is 6.86. The number of carbonyl (C=O) groups is 1. The lowest BCUT2D eigenvalue weighted by Gasteiger charge is -2.35. The van der Waals surface area contributed by atoms with Crippen LogP contribution < -0.4 is 11.4 Å². The first-order valence-electron chi connectivity index (χ1n) is 12.5. The van der Waals surface area contributed by atoms with Crippen molar-refractivity contribution in [1.29, 1.82) is 0 Å². The van der Waals surface area contributed by atoms with Crippen molar-refractivity contribution in [3.8, 4) is 0 Å². The van der Waals surface area contributed by atoms with Crippen molar-refractivity contribution in [2.45, 2.75) is 46.7 Å². The van der Waals surface area contributed by atoms with Crippen molar-refractivity contribution in [3.05, 3.63) is 98.3 Å². The highest BCUT2D eigenvalue weighted by atomic mass is 35.5.